The molecular weight excluding hydrogens is 574 g/mol. The van der Waals surface area contributed by atoms with Crippen molar-refractivity contribution in [1.82, 2.24) is 10.1 Å². The van der Waals surface area contributed by atoms with Gasteiger partial charge in [-0.15, -0.1) is 0 Å². The van der Waals surface area contributed by atoms with Crippen molar-refractivity contribution in [3.63, 3.8) is 0 Å². The summed E-state index contributed by atoms with van der Waals surface area (Å²) in [4.78, 5) is 55.9. The molecule has 6 atom stereocenters. The number of para-hydroxylation sites is 1. The number of aliphatic hydroxyl groups excluding tert-OH is 1. The average Bonchev–Trinajstić information content (AvgIpc) is 3.42. The van der Waals surface area contributed by atoms with E-state index < -0.39 is 58.6 Å². The molecule has 0 aromatic heterocycles. The summed E-state index contributed by atoms with van der Waals surface area (Å²) in [6.45, 7) is 1.73. The smallest absolute Gasteiger partial charge is 0.260 e. The van der Waals surface area contributed by atoms with Gasteiger partial charge >= 0.3 is 0 Å². The van der Waals surface area contributed by atoms with E-state index in [0.717, 1.165) is 16.1 Å². The Hall–Kier alpha value is -4.80. The van der Waals surface area contributed by atoms with Crippen LogP contribution in [0, 0.1) is 30.6 Å². The highest BCUT2D eigenvalue weighted by Crippen LogP contribution is 2.64. The van der Waals surface area contributed by atoms with E-state index in [-0.39, 0.29) is 31.1 Å². The molecule has 2 saturated heterocycles. The van der Waals surface area contributed by atoms with E-state index in [4.69, 9.17) is 4.74 Å². The van der Waals surface area contributed by atoms with E-state index in [0.29, 0.717) is 22.6 Å². The van der Waals surface area contributed by atoms with E-state index in [1.807, 2.05) is 67.6 Å². The third-order valence-electron chi connectivity index (χ3n) is 9.95. The van der Waals surface area contributed by atoms with Gasteiger partial charge in [-0.05, 0) is 49.4 Å². The predicted octanol–water partition coefficient (Wildman–Crippen LogP) is 3.74. The van der Waals surface area contributed by atoms with Crippen LogP contribution in [0.15, 0.2) is 90.5 Å². The SMILES string of the molecule is Cc1ccc(NN2C(=O)C3CC4C(=CCC5C(=O)N(O)C(=O)C54)C(c4ccccc4OCCO)C3(c3ccccc3)C2=O)cc1. The molecule has 10 nitrogen and oxygen atoms in total. The van der Waals surface area contributed by atoms with Gasteiger partial charge in [-0.25, -0.2) is 0 Å². The van der Waals surface area contributed by atoms with Crippen molar-refractivity contribution in [3.05, 3.63) is 107 Å². The van der Waals surface area contributed by atoms with Gasteiger partial charge in [-0.3, -0.25) is 29.8 Å². The van der Waals surface area contributed by atoms with Gasteiger partial charge in [-0.1, -0.05) is 77.9 Å². The van der Waals surface area contributed by atoms with Crippen LogP contribution in [0.1, 0.15) is 35.4 Å². The number of nitrogens with zero attached hydrogens (tertiary/aromatic N) is 2. The van der Waals surface area contributed by atoms with Gasteiger partial charge in [0.25, 0.3) is 23.6 Å². The molecule has 4 amide bonds. The fourth-order valence-electron chi connectivity index (χ4n) is 8.08. The Bertz CT molecular complexity index is 1720. The lowest BCUT2D eigenvalue weighted by molar-refractivity contribution is -0.173. The number of hydroxylamine groups is 2. The Morgan fingerprint density at radius 2 is 1.60 bits per heavy atom. The van der Waals surface area contributed by atoms with Gasteiger partial charge in [-0.2, -0.15) is 10.1 Å². The molecule has 3 fully saturated rings. The quantitative estimate of drug-likeness (QED) is 0.210. The average molecular weight is 608 g/mol. The van der Waals surface area contributed by atoms with Crippen LogP contribution < -0.4 is 10.2 Å². The first-order valence-electron chi connectivity index (χ1n) is 15.2. The van der Waals surface area contributed by atoms with Crippen LogP contribution in [0.25, 0.3) is 0 Å². The van der Waals surface area contributed by atoms with E-state index in [9.17, 15) is 24.7 Å². The fraction of sp³-hybridized carbons (Fsp3) is 0.314. The molecule has 2 heterocycles. The van der Waals surface area contributed by atoms with E-state index in [1.165, 1.54) is 0 Å². The molecule has 3 aromatic carbocycles. The predicted molar refractivity (Wildman–Crippen MR) is 161 cm³/mol. The number of amides is 4. The highest BCUT2D eigenvalue weighted by molar-refractivity contribution is 6.13. The number of carbonyl (C=O) groups is 4. The fourth-order valence-corrected chi connectivity index (χ4v) is 8.08. The number of carbonyl (C=O) groups excluding carboxylic acids is 4. The van der Waals surface area contributed by atoms with Crippen LogP contribution in [0.2, 0.25) is 0 Å². The maximum absolute atomic E-state index is 15.1. The molecule has 2 aliphatic heterocycles. The van der Waals surface area contributed by atoms with E-state index >= 15 is 4.79 Å². The number of hydrazine groups is 1. The lowest BCUT2D eigenvalue weighted by Gasteiger charge is -2.50. The number of imide groups is 2. The number of benzene rings is 3. The maximum atomic E-state index is 15.1. The number of hydrogen-bond donors (Lipinski definition) is 3. The van der Waals surface area contributed by atoms with Crippen LogP contribution in [-0.2, 0) is 24.6 Å². The van der Waals surface area contributed by atoms with Crippen LogP contribution >= 0.6 is 0 Å². The van der Waals surface area contributed by atoms with Gasteiger partial charge < -0.3 is 9.84 Å². The monoisotopic (exact) mass is 607 g/mol. The van der Waals surface area contributed by atoms with Gasteiger partial charge in [0.2, 0.25) is 0 Å². The Kier molecular flexibility index (Phi) is 7.06. The van der Waals surface area contributed by atoms with E-state index in [1.54, 1.807) is 24.3 Å². The molecule has 3 aromatic rings. The lowest BCUT2D eigenvalue weighted by atomic mass is 9.49. The second-order valence-electron chi connectivity index (χ2n) is 12.2. The normalized spacial score (nSPS) is 28.9. The van der Waals surface area contributed by atoms with Crippen LogP contribution in [0.3, 0.4) is 0 Å². The van der Waals surface area contributed by atoms with Gasteiger partial charge in [0, 0.05) is 11.5 Å². The second-order valence-corrected chi connectivity index (χ2v) is 12.2. The van der Waals surface area contributed by atoms with Crippen molar-refractivity contribution in [3.8, 4) is 5.75 Å². The number of fused-ring (bicyclic) bond motifs is 4. The molecule has 230 valence electrons. The largest absolute Gasteiger partial charge is 0.491 e. The number of ether oxygens (including phenoxy) is 1. The van der Waals surface area contributed by atoms with Crippen molar-refractivity contribution >= 4 is 29.3 Å². The minimum absolute atomic E-state index is 0.0130. The molecule has 0 bridgehead atoms. The number of aryl methyl sites for hydroxylation is 1. The second kappa shape index (κ2) is 11.0. The first-order valence-corrected chi connectivity index (χ1v) is 15.2. The third-order valence-corrected chi connectivity index (χ3v) is 9.95. The van der Waals surface area contributed by atoms with E-state index in [2.05, 4.69) is 5.43 Å². The van der Waals surface area contributed by atoms with Crippen molar-refractivity contribution in [1.29, 1.82) is 0 Å². The highest BCUT2D eigenvalue weighted by Gasteiger charge is 2.70. The molecule has 7 rings (SSSR count). The maximum Gasteiger partial charge on any atom is 0.260 e. The van der Waals surface area contributed by atoms with Crippen LogP contribution in [-0.4, -0.2) is 57.2 Å². The summed E-state index contributed by atoms with van der Waals surface area (Å²) in [6, 6.07) is 23.8. The molecule has 45 heavy (non-hydrogen) atoms. The zero-order valence-electron chi connectivity index (χ0n) is 24.6. The van der Waals surface area contributed by atoms with Gasteiger partial charge in [0.15, 0.2) is 0 Å². The summed E-state index contributed by atoms with van der Waals surface area (Å²) in [6.07, 6.45) is 2.25. The molecule has 6 unspecified atom stereocenters. The molecule has 2 aliphatic carbocycles. The highest BCUT2D eigenvalue weighted by atomic mass is 16.5. The molecule has 3 N–H and O–H groups in total. The minimum atomic E-state index is -1.44. The number of rotatable bonds is 7. The molecule has 10 heteroatoms. The Morgan fingerprint density at radius 3 is 2.33 bits per heavy atom. The lowest BCUT2D eigenvalue weighted by Crippen LogP contribution is -2.53. The van der Waals surface area contributed by atoms with Crippen LogP contribution in [0.4, 0.5) is 5.69 Å². The number of hydrogen-bond acceptors (Lipinski definition) is 8. The summed E-state index contributed by atoms with van der Waals surface area (Å²) in [5.41, 5.74) is 5.25. The summed E-state index contributed by atoms with van der Waals surface area (Å²) < 4.78 is 6.01. The van der Waals surface area contributed by atoms with Crippen molar-refractivity contribution in [2.24, 2.45) is 23.7 Å². The molecule has 4 aliphatic rings. The zero-order chi connectivity index (χ0) is 31.5. The molecule has 1 saturated carbocycles. The zero-order valence-corrected chi connectivity index (χ0v) is 24.6. The van der Waals surface area contributed by atoms with Crippen molar-refractivity contribution in [2.45, 2.75) is 31.1 Å². The van der Waals surface area contributed by atoms with Gasteiger partial charge in [0.05, 0.1) is 35.5 Å². The Balaban J connectivity index is 1.47. The summed E-state index contributed by atoms with van der Waals surface area (Å²) in [7, 11) is 0. The van der Waals surface area contributed by atoms with Crippen molar-refractivity contribution in [2.75, 3.05) is 18.6 Å². The summed E-state index contributed by atoms with van der Waals surface area (Å²) >= 11 is 0. The van der Waals surface area contributed by atoms with Crippen molar-refractivity contribution < 1.29 is 34.2 Å². The number of anilines is 1. The molecule has 0 radical (unpaired) electrons. The molecule has 0 spiro atoms. The third kappa shape index (κ3) is 4.23. The Labute approximate surface area is 259 Å². The summed E-state index contributed by atoms with van der Waals surface area (Å²) in [5.74, 6) is -5.69. The topological polar surface area (TPSA) is 136 Å². The standard InChI is InChI=1S/C35H33N3O7/c1-20-11-13-22(14-12-20)36-37-32(41)27-19-26-23(15-16-25-29(26)33(42)38(44)31(25)40)30(24-9-5-6-10-28(24)45-18-17-39)35(27,34(37)43)21-7-3-2-4-8-21/h2-15,25-27,29-30,36,39,44H,16-19H2,1H3. The number of nitrogens with one attached hydrogen (secondary N) is 1. The number of aliphatic hydroxyl groups is 1. The minimum Gasteiger partial charge on any atom is -0.491 e. The number of allylic oxidation sites excluding steroid dienone is 2. The first kappa shape index (κ1) is 28.9. The Morgan fingerprint density at radius 1 is 0.889 bits per heavy atom. The molecular formula is C35H33N3O7. The first-order chi connectivity index (χ1) is 21.8. The van der Waals surface area contributed by atoms with Gasteiger partial charge in [0.1, 0.15) is 12.4 Å². The van der Waals surface area contributed by atoms with Crippen LogP contribution in [0.5, 0.6) is 5.75 Å². The summed E-state index contributed by atoms with van der Waals surface area (Å²) in [5, 5.41) is 21.3.